The summed E-state index contributed by atoms with van der Waals surface area (Å²) in [5.74, 6) is 1.75. The summed E-state index contributed by atoms with van der Waals surface area (Å²) in [5, 5.41) is 3.13. The molecule has 2 amide bonds. The summed E-state index contributed by atoms with van der Waals surface area (Å²) in [5.41, 5.74) is 0. The van der Waals surface area contributed by atoms with Crippen LogP contribution in [0.4, 0.5) is 0 Å². The van der Waals surface area contributed by atoms with Gasteiger partial charge in [-0.05, 0) is 0 Å². The average Bonchev–Trinajstić information content (AvgIpc) is 2.74. The summed E-state index contributed by atoms with van der Waals surface area (Å²) >= 11 is 1.72. The van der Waals surface area contributed by atoms with Gasteiger partial charge in [0, 0.05) is 31.8 Å². The van der Waals surface area contributed by atoms with Crippen LogP contribution in [-0.2, 0) is 9.59 Å². The Bertz CT molecular complexity index is 279. The van der Waals surface area contributed by atoms with E-state index >= 15 is 0 Å². The number of hydrogen-bond donors (Lipinski definition) is 1. The molecule has 2 aliphatic heterocycles. The van der Waals surface area contributed by atoms with Crippen molar-refractivity contribution in [3.8, 4) is 0 Å². The number of nitrogens with zero attached hydrogens (tertiary/aromatic N) is 2. The fraction of sp³-hybridized carbons (Fsp3) is 0.778. The Hall–Kier alpha value is -0.750. The first-order chi connectivity index (χ1) is 7.18. The van der Waals surface area contributed by atoms with Crippen molar-refractivity contribution in [3.05, 3.63) is 0 Å². The van der Waals surface area contributed by atoms with Crippen molar-refractivity contribution in [2.24, 2.45) is 0 Å². The van der Waals surface area contributed by atoms with Crippen LogP contribution in [0.2, 0.25) is 0 Å². The third kappa shape index (κ3) is 2.26. The Morgan fingerprint density at radius 2 is 2.33 bits per heavy atom. The van der Waals surface area contributed by atoms with Crippen molar-refractivity contribution < 1.29 is 9.59 Å². The van der Waals surface area contributed by atoms with E-state index in [1.54, 1.807) is 28.6 Å². The molecule has 1 unspecified atom stereocenters. The highest BCUT2D eigenvalue weighted by Crippen LogP contribution is 2.13. The van der Waals surface area contributed by atoms with E-state index < -0.39 is 0 Å². The fourth-order valence-electron chi connectivity index (χ4n) is 1.72. The summed E-state index contributed by atoms with van der Waals surface area (Å²) in [7, 11) is 1.77. The molecular weight excluding hydrogens is 214 g/mol. The van der Waals surface area contributed by atoms with E-state index in [-0.39, 0.29) is 24.4 Å². The van der Waals surface area contributed by atoms with Gasteiger partial charge in [0.1, 0.15) is 0 Å². The van der Waals surface area contributed by atoms with Crippen molar-refractivity contribution in [2.75, 3.05) is 38.3 Å². The van der Waals surface area contributed by atoms with Crippen LogP contribution >= 0.6 is 11.8 Å². The third-order valence-electron chi connectivity index (χ3n) is 2.78. The monoisotopic (exact) mass is 229 g/mol. The topological polar surface area (TPSA) is 52.6 Å². The summed E-state index contributed by atoms with van der Waals surface area (Å²) in [6.07, 6.45) is 0. The maximum absolute atomic E-state index is 11.9. The van der Waals surface area contributed by atoms with Gasteiger partial charge in [-0.25, -0.2) is 0 Å². The number of hydrogen-bond acceptors (Lipinski definition) is 4. The maximum Gasteiger partial charge on any atom is 0.241 e. The van der Waals surface area contributed by atoms with E-state index in [1.165, 1.54) is 0 Å². The van der Waals surface area contributed by atoms with Gasteiger partial charge in [-0.1, -0.05) is 0 Å². The number of carbonyl (C=O) groups excluding carboxylic acids is 2. The number of nitrogens with one attached hydrogen (secondary N) is 1. The molecule has 84 valence electrons. The second-order valence-electron chi connectivity index (χ2n) is 3.85. The smallest absolute Gasteiger partial charge is 0.241 e. The van der Waals surface area contributed by atoms with Gasteiger partial charge in [-0.3, -0.25) is 14.9 Å². The molecule has 2 fully saturated rings. The van der Waals surface area contributed by atoms with Gasteiger partial charge >= 0.3 is 0 Å². The van der Waals surface area contributed by atoms with Gasteiger partial charge in [-0.15, -0.1) is 11.8 Å². The van der Waals surface area contributed by atoms with E-state index in [0.717, 1.165) is 11.6 Å². The fourth-order valence-corrected chi connectivity index (χ4v) is 2.65. The molecule has 1 atom stereocenters. The molecule has 6 heteroatoms. The summed E-state index contributed by atoms with van der Waals surface area (Å²) in [6, 6.07) is -0.0915. The van der Waals surface area contributed by atoms with Gasteiger partial charge in [0.05, 0.1) is 12.6 Å². The molecule has 0 aromatic rings. The lowest BCUT2D eigenvalue weighted by Gasteiger charge is -2.33. The molecule has 0 bridgehead atoms. The second-order valence-corrected chi connectivity index (χ2v) is 4.88. The van der Waals surface area contributed by atoms with Gasteiger partial charge in [0.2, 0.25) is 11.8 Å². The molecule has 1 N–H and O–H groups in total. The Balaban J connectivity index is 1.93. The number of amides is 2. The SMILES string of the molecule is CN1CCN(C(=O)C2CSCN2)CC1=O. The zero-order chi connectivity index (χ0) is 10.8. The predicted molar refractivity (Wildman–Crippen MR) is 58.5 cm³/mol. The Labute approximate surface area is 93.2 Å². The molecule has 2 saturated heterocycles. The molecule has 0 aromatic carbocycles. The number of thioether (sulfide) groups is 1. The molecule has 5 nitrogen and oxygen atoms in total. The molecule has 2 heterocycles. The van der Waals surface area contributed by atoms with Crippen LogP contribution in [0.1, 0.15) is 0 Å². The van der Waals surface area contributed by atoms with Crippen molar-refractivity contribution in [1.82, 2.24) is 15.1 Å². The minimum atomic E-state index is -0.0915. The predicted octanol–water partition coefficient (Wildman–Crippen LogP) is -1.05. The lowest BCUT2D eigenvalue weighted by Crippen LogP contribution is -2.55. The van der Waals surface area contributed by atoms with Gasteiger partial charge < -0.3 is 9.80 Å². The number of carbonyl (C=O) groups is 2. The molecule has 0 saturated carbocycles. The minimum Gasteiger partial charge on any atom is -0.342 e. The van der Waals surface area contributed by atoms with Crippen molar-refractivity contribution in [2.45, 2.75) is 6.04 Å². The largest absolute Gasteiger partial charge is 0.342 e. The summed E-state index contributed by atoms with van der Waals surface area (Å²) in [6.45, 7) is 1.53. The third-order valence-corrected chi connectivity index (χ3v) is 3.72. The van der Waals surface area contributed by atoms with Crippen LogP contribution in [0.25, 0.3) is 0 Å². The van der Waals surface area contributed by atoms with Crippen LogP contribution in [0.5, 0.6) is 0 Å². The summed E-state index contributed by atoms with van der Waals surface area (Å²) in [4.78, 5) is 26.7. The zero-order valence-corrected chi connectivity index (χ0v) is 9.55. The van der Waals surface area contributed by atoms with E-state index in [1.807, 2.05) is 0 Å². The van der Waals surface area contributed by atoms with Gasteiger partial charge in [-0.2, -0.15) is 0 Å². The summed E-state index contributed by atoms with van der Waals surface area (Å²) < 4.78 is 0. The minimum absolute atomic E-state index is 0.0280. The maximum atomic E-state index is 11.9. The zero-order valence-electron chi connectivity index (χ0n) is 8.73. The van der Waals surface area contributed by atoms with Crippen LogP contribution in [-0.4, -0.2) is 66.0 Å². The second kappa shape index (κ2) is 4.40. The standard InChI is InChI=1S/C9H15N3O2S/c1-11-2-3-12(4-8(11)13)9(14)7-5-15-6-10-7/h7,10H,2-6H2,1H3. The molecule has 0 spiro atoms. The van der Waals surface area contributed by atoms with Crippen molar-refractivity contribution in [1.29, 1.82) is 0 Å². The molecule has 15 heavy (non-hydrogen) atoms. The van der Waals surface area contributed by atoms with E-state index in [4.69, 9.17) is 0 Å². The highest BCUT2D eigenvalue weighted by molar-refractivity contribution is 7.99. The van der Waals surface area contributed by atoms with Crippen LogP contribution in [0.3, 0.4) is 0 Å². The van der Waals surface area contributed by atoms with Crippen LogP contribution in [0, 0.1) is 0 Å². The van der Waals surface area contributed by atoms with Crippen LogP contribution in [0.15, 0.2) is 0 Å². The lowest BCUT2D eigenvalue weighted by molar-refractivity contribution is -0.144. The highest BCUT2D eigenvalue weighted by atomic mass is 32.2. The van der Waals surface area contributed by atoms with Crippen molar-refractivity contribution >= 4 is 23.6 Å². The van der Waals surface area contributed by atoms with E-state index in [9.17, 15) is 9.59 Å². The van der Waals surface area contributed by atoms with E-state index in [2.05, 4.69) is 5.32 Å². The van der Waals surface area contributed by atoms with Crippen molar-refractivity contribution in [3.63, 3.8) is 0 Å². The Kier molecular flexibility index (Phi) is 3.16. The molecular formula is C9H15N3O2S. The number of piperazine rings is 1. The highest BCUT2D eigenvalue weighted by Gasteiger charge is 2.31. The molecule has 2 rings (SSSR count). The lowest BCUT2D eigenvalue weighted by atomic mass is 10.2. The molecule has 0 radical (unpaired) electrons. The first-order valence-corrected chi connectivity index (χ1v) is 6.18. The number of likely N-dealkylation sites (N-methyl/N-ethyl adjacent to an activating group) is 1. The Morgan fingerprint density at radius 3 is 2.93 bits per heavy atom. The first-order valence-electron chi connectivity index (χ1n) is 5.02. The first kappa shape index (κ1) is 10.8. The van der Waals surface area contributed by atoms with Gasteiger partial charge in [0.15, 0.2) is 0 Å². The average molecular weight is 229 g/mol. The Morgan fingerprint density at radius 1 is 1.53 bits per heavy atom. The van der Waals surface area contributed by atoms with E-state index in [0.29, 0.717) is 13.1 Å². The van der Waals surface area contributed by atoms with Gasteiger partial charge in [0.25, 0.3) is 0 Å². The molecule has 0 aromatic heterocycles. The van der Waals surface area contributed by atoms with Crippen LogP contribution < -0.4 is 5.32 Å². The molecule has 2 aliphatic rings. The molecule has 0 aliphatic carbocycles. The number of rotatable bonds is 1. The quantitative estimate of drug-likeness (QED) is 0.623. The normalized spacial score (nSPS) is 27.3.